The fourth-order valence-corrected chi connectivity index (χ4v) is 2.80. The lowest BCUT2D eigenvalue weighted by atomic mass is 10.2. The summed E-state index contributed by atoms with van der Waals surface area (Å²) in [6.45, 7) is 3.80. The summed E-state index contributed by atoms with van der Waals surface area (Å²) in [5.74, 6) is 1.50. The second kappa shape index (κ2) is 5.94. The number of nitrogens with zero attached hydrogens (tertiary/aromatic N) is 3. The number of benzene rings is 1. The van der Waals surface area contributed by atoms with Crippen LogP contribution in [-0.4, -0.2) is 15.5 Å². The minimum Gasteiger partial charge on any atom is -0.465 e. The largest absolute Gasteiger partial charge is 0.465 e. The molecule has 0 saturated carbocycles. The summed E-state index contributed by atoms with van der Waals surface area (Å²) in [6.07, 6.45) is 0.950. The molecule has 0 spiro atoms. The quantitative estimate of drug-likeness (QED) is 0.752. The molecule has 0 unspecified atom stereocenters. The van der Waals surface area contributed by atoms with Gasteiger partial charge >= 0.3 is 0 Å². The molecular formula is C18H17N5O2. The molecule has 0 aliphatic carbocycles. The van der Waals surface area contributed by atoms with E-state index in [1.54, 1.807) is 25.3 Å². The second-order valence-electron chi connectivity index (χ2n) is 5.92. The van der Waals surface area contributed by atoms with E-state index in [0.717, 1.165) is 11.3 Å². The lowest BCUT2D eigenvalue weighted by Crippen LogP contribution is -2.37. The molecule has 1 aromatic carbocycles. The molecule has 2 aromatic heterocycles. The van der Waals surface area contributed by atoms with Crippen LogP contribution in [0.4, 0.5) is 11.6 Å². The summed E-state index contributed by atoms with van der Waals surface area (Å²) >= 11 is 0. The summed E-state index contributed by atoms with van der Waals surface area (Å²) in [6, 6.07) is 13.0. The monoisotopic (exact) mass is 335 g/mol. The van der Waals surface area contributed by atoms with Crippen LogP contribution in [0.5, 0.6) is 0 Å². The van der Waals surface area contributed by atoms with E-state index in [9.17, 15) is 4.79 Å². The number of fused-ring (bicyclic) bond motifs is 1. The molecular weight excluding hydrogens is 318 g/mol. The maximum absolute atomic E-state index is 12.5. The van der Waals surface area contributed by atoms with Gasteiger partial charge in [0, 0.05) is 17.4 Å². The van der Waals surface area contributed by atoms with Gasteiger partial charge in [-0.3, -0.25) is 10.1 Å². The Morgan fingerprint density at radius 2 is 2.08 bits per heavy atom. The predicted octanol–water partition coefficient (Wildman–Crippen LogP) is 2.89. The highest BCUT2D eigenvalue weighted by Crippen LogP contribution is 2.26. The molecule has 3 heterocycles. The second-order valence-corrected chi connectivity index (χ2v) is 5.92. The van der Waals surface area contributed by atoms with Crippen molar-refractivity contribution in [2.75, 3.05) is 10.6 Å². The van der Waals surface area contributed by atoms with Crippen LogP contribution >= 0.6 is 0 Å². The Morgan fingerprint density at radius 1 is 1.20 bits per heavy atom. The molecule has 0 saturated heterocycles. The number of aromatic nitrogens is 2. The van der Waals surface area contributed by atoms with Crippen molar-refractivity contribution in [3.8, 4) is 0 Å². The maximum Gasteiger partial charge on any atom is 0.257 e. The molecule has 1 aliphatic rings. The molecule has 3 aromatic rings. The summed E-state index contributed by atoms with van der Waals surface area (Å²) in [5.41, 5.74) is 2.48. The van der Waals surface area contributed by atoms with E-state index >= 15 is 0 Å². The minimum absolute atomic E-state index is 0.185. The van der Waals surface area contributed by atoms with Gasteiger partial charge in [0.1, 0.15) is 5.76 Å². The van der Waals surface area contributed by atoms with Gasteiger partial charge in [0.25, 0.3) is 5.56 Å². The number of aliphatic imine (C=N–C) groups is 1. The Kier molecular flexibility index (Phi) is 3.61. The van der Waals surface area contributed by atoms with Gasteiger partial charge < -0.3 is 9.73 Å². The van der Waals surface area contributed by atoms with Gasteiger partial charge in [0.05, 0.1) is 6.26 Å². The number of nitrogens with one attached hydrogen (secondary N) is 2. The molecule has 0 radical (unpaired) electrons. The predicted molar refractivity (Wildman–Crippen MR) is 95.9 cm³/mol. The van der Waals surface area contributed by atoms with Gasteiger partial charge in [-0.2, -0.15) is 0 Å². The smallest absolute Gasteiger partial charge is 0.257 e. The van der Waals surface area contributed by atoms with Crippen molar-refractivity contribution >= 4 is 17.6 Å². The molecule has 0 amide bonds. The number of aryl methyl sites for hydroxylation is 2. The molecule has 1 aliphatic heterocycles. The SMILES string of the molecule is Cc1cccc(NC2=N[C@@H](c3ccco3)n3c(nc(C)cc3=O)N2)c1. The highest BCUT2D eigenvalue weighted by atomic mass is 16.3. The zero-order valence-corrected chi connectivity index (χ0v) is 13.9. The molecule has 2 N–H and O–H groups in total. The fraction of sp³-hybridized carbons (Fsp3) is 0.167. The van der Waals surface area contributed by atoms with Crippen molar-refractivity contribution < 1.29 is 4.42 Å². The first-order valence-electron chi connectivity index (χ1n) is 7.92. The van der Waals surface area contributed by atoms with Crippen molar-refractivity contribution in [1.82, 2.24) is 9.55 Å². The van der Waals surface area contributed by atoms with Gasteiger partial charge in [-0.25, -0.2) is 14.5 Å². The van der Waals surface area contributed by atoms with Crippen molar-refractivity contribution in [2.24, 2.45) is 4.99 Å². The van der Waals surface area contributed by atoms with Crippen LogP contribution in [0, 0.1) is 13.8 Å². The number of hydrogen-bond donors (Lipinski definition) is 2. The van der Waals surface area contributed by atoms with Gasteiger partial charge in [-0.1, -0.05) is 12.1 Å². The molecule has 7 nitrogen and oxygen atoms in total. The number of guanidine groups is 1. The maximum atomic E-state index is 12.5. The summed E-state index contributed by atoms with van der Waals surface area (Å²) in [4.78, 5) is 21.5. The average molecular weight is 335 g/mol. The van der Waals surface area contributed by atoms with Crippen LogP contribution in [0.2, 0.25) is 0 Å². The highest BCUT2D eigenvalue weighted by Gasteiger charge is 2.26. The fourth-order valence-electron chi connectivity index (χ4n) is 2.80. The van der Waals surface area contributed by atoms with E-state index < -0.39 is 6.17 Å². The lowest BCUT2D eigenvalue weighted by Gasteiger charge is -2.25. The minimum atomic E-state index is -0.612. The molecule has 126 valence electrons. The average Bonchev–Trinajstić information content (AvgIpc) is 3.08. The summed E-state index contributed by atoms with van der Waals surface area (Å²) in [5, 5.41) is 6.32. The van der Waals surface area contributed by atoms with Crippen molar-refractivity contribution in [2.45, 2.75) is 20.0 Å². The summed E-state index contributed by atoms with van der Waals surface area (Å²) < 4.78 is 6.96. The molecule has 1 atom stereocenters. The Balaban J connectivity index is 1.78. The van der Waals surface area contributed by atoms with Crippen LogP contribution < -0.4 is 16.2 Å². The van der Waals surface area contributed by atoms with Crippen molar-refractivity contribution in [3.05, 3.63) is 76.1 Å². The Labute approximate surface area is 144 Å². The standard InChI is InChI=1S/C18H17N5O2/c1-11-5-3-6-13(9-11)20-17-21-16(14-7-4-8-25-14)23-15(24)10-12(2)19-18(23)22-17/h3-10,16H,1-2H3,(H2,19,20,21,22)/t16-/m1/s1. The van der Waals surface area contributed by atoms with Crippen molar-refractivity contribution in [1.29, 1.82) is 0 Å². The molecule has 4 rings (SSSR count). The van der Waals surface area contributed by atoms with Crippen LogP contribution in [0.1, 0.15) is 23.2 Å². The summed E-state index contributed by atoms with van der Waals surface area (Å²) in [7, 11) is 0. The van der Waals surface area contributed by atoms with E-state index in [1.165, 1.54) is 10.6 Å². The lowest BCUT2D eigenvalue weighted by molar-refractivity contribution is 0.427. The zero-order chi connectivity index (χ0) is 17.4. The number of hydrogen-bond acceptors (Lipinski definition) is 6. The number of anilines is 2. The van der Waals surface area contributed by atoms with Crippen LogP contribution in [0.25, 0.3) is 0 Å². The normalized spacial score (nSPS) is 15.9. The zero-order valence-electron chi connectivity index (χ0n) is 13.9. The van der Waals surface area contributed by atoms with E-state index in [4.69, 9.17) is 4.42 Å². The third-order valence-electron chi connectivity index (χ3n) is 3.88. The first-order chi connectivity index (χ1) is 12.1. The number of furan rings is 1. The Bertz CT molecular complexity index is 1000. The van der Waals surface area contributed by atoms with Gasteiger partial charge in [-0.05, 0) is 43.7 Å². The van der Waals surface area contributed by atoms with Crippen LogP contribution in [0.3, 0.4) is 0 Å². The Morgan fingerprint density at radius 3 is 2.84 bits per heavy atom. The number of rotatable bonds is 2. The molecule has 0 fully saturated rings. The van der Waals surface area contributed by atoms with E-state index in [1.807, 2.05) is 31.2 Å². The first kappa shape index (κ1) is 15.2. The topological polar surface area (TPSA) is 84.5 Å². The molecule has 25 heavy (non-hydrogen) atoms. The Hall–Kier alpha value is -3.35. The third kappa shape index (κ3) is 2.91. The molecule has 0 bridgehead atoms. The molecule has 7 heteroatoms. The highest BCUT2D eigenvalue weighted by molar-refractivity contribution is 6.03. The van der Waals surface area contributed by atoms with Crippen LogP contribution in [-0.2, 0) is 0 Å². The van der Waals surface area contributed by atoms with Gasteiger partial charge in [-0.15, -0.1) is 0 Å². The van der Waals surface area contributed by atoms with E-state index in [0.29, 0.717) is 23.4 Å². The van der Waals surface area contributed by atoms with E-state index in [2.05, 4.69) is 20.6 Å². The van der Waals surface area contributed by atoms with Crippen LogP contribution in [0.15, 0.2) is 62.9 Å². The van der Waals surface area contributed by atoms with E-state index in [-0.39, 0.29) is 5.56 Å². The van der Waals surface area contributed by atoms with Gasteiger partial charge in [0.15, 0.2) is 6.17 Å². The first-order valence-corrected chi connectivity index (χ1v) is 7.92. The third-order valence-corrected chi connectivity index (χ3v) is 3.88. The van der Waals surface area contributed by atoms with Gasteiger partial charge in [0.2, 0.25) is 11.9 Å². The van der Waals surface area contributed by atoms with Crippen molar-refractivity contribution in [3.63, 3.8) is 0 Å².